The maximum atomic E-state index is 13.0. The van der Waals surface area contributed by atoms with Crippen LogP contribution in [0.4, 0.5) is 0 Å². The van der Waals surface area contributed by atoms with Gasteiger partial charge >= 0.3 is 0 Å². The molecule has 3 nitrogen and oxygen atoms in total. The molecule has 0 N–H and O–H groups in total. The largest absolute Gasteiger partial charge is 0.338 e. The van der Waals surface area contributed by atoms with E-state index in [1.54, 1.807) is 0 Å². The molecule has 0 spiro atoms. The first-order valence-electron chi connectivity index (χ1n) is 9.87. The molecule has 0 saturated carbocycles. The van der Waals surface area contributed by atoms with Crippen molar-refractivity contribution < 1.29 is 4.79 Å². The van der Waals surface area contributed by atoms with Crippen LogP contribution in [-0.2, 0) is 11.3 Å². The third kappa shape index (κ3) is 6.80. The van der Waals surface area contributed by atoms with E-state index in [0.29, 0.717) is 30.0 Å². The second kappa shape index (κ2) is 9.05. The Labute approximate surface area is 169 Å². The SMILES string of the molecule is CC(C)CN(Cc1cc2ccccc2nc1Cl)C(=O)CC(C)CC(C)(C)C. The standard InChI is InChI=1S/C23H33ClN2O/c1-16(2)14-26(21(27)11-17(3)13-23(4,5)6)15-19-12-18-9-7-8-10-20(18)25-22(19)24/h7-10,12,16-17H,11,13-15H2,1-6H3. The Bertz CT molecular complexity index is 780. The highest BCUT2D eigenvalue weighted by molar-refractivity contribution is 6.30. The number of halogens is 1. The number of carbonyl (C=O) groups excluding carboxylic acids is 1. The normalized spacial score (nSPS) is 13.2. The number of rotatable bonds is 7. The number of carbonyl (C=O) groups is 1. The van der Waals surface area contributed by atoms with Crippen LogP contribution >= 0.6 is 11.6 Å². The molecule has 0 aliphatic carbocycles. The first kappa shape index (κ1) is 21.7. The second-order valence-corrected chi connectivity index (χ2v) is 9.73. The van der Waals surface area contributed by atoms with Crippen molar-refractivity contribution in [1.82, 2.24) is 9.88 Å². The second-order valence-electron chi connectivity index (χ2n) is 9.37. The monoisotopic (exact) mass is 388 g/mol. The Morgan fingerprint density at radius 2 is 1.85 bits per heavy atom. The molecule has 4 heteroatoms. The van der Waals surface area contributed by atoms with Crippen molar-refractivity contribution in [2.24, 2.45) is 17.3 Å². The van der Waals surface area contributed by atoms with Crippen LogP contribution in [0, 0.1) is 17.3 Å². The van der Waals surface area contributed by atoms with E-state index < -0.39 is 0 Å². The topological polar surface area (TPSA) is 33.2 Å². The summed E-state index contributed by atoms with van der Waals surface area (Å²) in [6, 6.07) is 9.99. The van der Waals surface area contributed by atoms with Gasteiger partial charge in [0.2, 0.25) is 5.91 Å². The molecule has 1 aromatic carbocycles. The van der Waals surface area contributed by atoms with E-state index >= 15 is 0 Å². The van der Waals surface area contributed by atoms with Crippen LogP contribution in [0.25, 0.3) is 10.9 Å². The van der Waals surface area contributed by atoms with Gasteiger partial charge < -0.3 is 4.90 Å². The summed E-state index contributed by atoms with van der Waals surface area (Å²) in [5, 5.41) is 1.54. The van der Waals surface area contributed by atoms with E-state index in [-0.39, 0.29) is 11.3 Å². The van der Waals surface area contributed by atoms with E-state index in [1.807, 2.05) is 29.2 Å². The molecule has 1 aromatic heterocycles. The number of aromatic nitrogens is 1. The maximum absolute atomic E-state index is 13.0. The van der Waals surface area contributed by atoms with E-state index in [9.17, 15) is 4.79 Å². The molecular formula is C23H33ClN2O. The van der Waals surface area contributed by atoms with Crippen LogP contribution in [0.1, 0.15) is 59.9 Å². The number of amides is 1. The zero-order valence-corrected chi connectivity index (χ0v) is 18.3. The summed E-state index contributed by atoms with van der Waals surface area (Å²) in [5.41, 5.74) is 2.02. The average molecular weight is 389 g/mol. The van der Waals surface area contributed by atoms with Gasteiger partial charge in [-0.15, -0.1) is 0 Å². The third-order valence-electron chi connectivity index (χ3n) is 4.53. The van der Waals surface area contributed by atoms with Crippen LogP contribution in [0.3, 0.4) is 0 Å². The number of hydrogen-bond acceptors (Lipinski definition) is 2. The average Bonchev–Trinajstić information content (AvgIpc) is 2.52. The van der Waals surface area contributed by atoms with E-state index in [2.05, 4.69) is 52.6 Å². The van der Waals surface area contributed by atoms with Crippen LogP contribution in [0.15, 0.2) is 30.3 Å². The Morgan fingerprint density at radius 3 is 2.48 bits per heavy atom. The van der Waals surface area contributed by atoms with Gasteiger partial charge in [-0.05, 0) is 35.8 Å². The van der Waals surface area contributed by atoms with Crippen LogP contribution in [-0.4, -0.2) is 22.3 Å². The zero-order chi connectivity index (χ0) is 20.2. The Hall–Kier alpha value is -1.61. The van der Waals surface area contributed by atoms with Gasteiger partial charge in [0.1, 0.15) is 5.15 Å². The predicted molar refractivity (Wildman–Crippen MR) is 115 cm³/mol. The highest BCUT2D eigenvalue weighted by atomic mass is 35.5. The number of hydrogen-bond donors (Lipinski definition) is 0. The summed E-state index contributed by atoms with van der Waals surface area (Å²) in [7, 11) is 0. The lowest BCUT2D eigenvalue weighted by molar-refractivity contribution is -0.133. The van der Waals surface area contributed by atoms with Crippen molar-refractivity contribution in [3.05, 3.63) is 41.0 Å². The van der Waals surface area contributed by atoms with E-state index in [0.717, 1.165) is 29.4 Å². The number of para-hydroxylation sites is 1. The Morgan fingerprint density at radius 1 is 1.19 bits per heavy atom. The first-order chi connectivity index (χ1) is 12.5. The molecule has 0 aliphatic rings. The molecular weight excluding hydrogens is 356 g/mol. The summed E-state index contributed by atoms with van der Waals surface area (Å²) < 4.78 is 0. The van der Waals surface area contributed by atoms with E-state index in [1.165, 1.54) is 0 Å². The number of benzene rings is 1. The molecule has 148 valence electrons. The quantitative estimate of drug-likeness (QED) is 0.519. The van der Waals surface area contributed by atoms with Crippen LogP contribution < -0.4 is 0 Å². The molecule has 0 saturated heterocycles. The fraction of sp³-hybridized carbons (Fsp3) is 0.565. The van der Waals surface area contributed by atoms with Gasteiger partial charge in [0.15, 0.2) is 0 Å². The number of nitrogens with zero attached hydrogens (tertiary/aromatic N) is 2. The summed E-state index contributed by atoms with van der Waals surface area (Å²) in [6.07, 6.45) is 1.61. The summed E-state index contributed by atoms with van der Waals surface area (Å²) in [6.45, 7) is 14.3. The summed E-state index contributed by atoms with van der Waals surface area (Å²) >= 11 is 6.43. The van der Waals surface area contributed by atoms with Crippen molar-refractivity contribution in [3.8, 4) is 0 Å². The molecule has 0 aliphatic heterocycles. The smallest absolute Gasteiger partial charge is 0.223 e. The zero-order valence-electron chi connectivity index (χ0n) is 17.6. The van der Waals surface area contributed by atoms with Crippen molar-refractivity contribution in [2.75, 3.05) is 6.54 Å². The third-order valence-corrected chi connectivity index (χ3v) is 4.86. The maximum Gasteiger partial charge on any atom is 0.223 e. The van der Waals surface area contributed by atoms with Gasteiger partial charge in [-0.3, -0.25) is 4.79 Å². The summed E-state index contributed by atoms with van der Waals surface area (Å²) in [4.78, 5) is 19.5. The van der Waals surface area contributed by atoms with Crippen molar-refractivity contribution in [3.63, 3.8) is 0 Å². The van der Waals surface area contributed by atoms with Crippen LogP contribution in [0.2, 0.25) is 5.15 Å². The fourth-order valence-corrected chi connectivity index (χ4v) is 3.90. The molecule has 0 radical (unpaired) electrons. The van der Waals surface area contributed by atoms with E-state index in [4.69, 9.17) is 11.6 Å². The number of fused-ring (bicyclic) bond motifs is 1. The molecule has 27 heavy (non-hydrogen) atoms. The molecule has 1 heterocycles. The van der Waals surface area contributed by atoms with Gasteiger partial charge in [0, 0.05) is 30.5 Å². The Kier molecular flexibility index (Phi) is 7.27. The molecule has 1 unspecified atom stereocenters. The van der Waals surface area contributed by atoms with Gasteiger partial charge in [0.05, 0.1) is 5.52 Å². The minimum atomic E-state index is 0.199. The highest BCUT2D eigenvalue weighted by Gasteiger charge is 2.22. The predicted octanol–water partition coefficient (Wildman–Crippen LogP) is 6.34. The molecule has 0 bridgehead atoms. The van der Waals surface area contributed by atoms with Gasteiger partial charge in [-0.2, -0.15) is 0 Å². The van der Waals surface area contributed by atoms with Gasteiger partial charge in [-0.25, -0.2) is 4.98 Å². The Balaban J connectivity index is 2.18. The van der Waals surface area contributed by atoms with Crippen molar-refractivity contribution in [1.29, 1.82) is 0 Å². The number of pyridine rings is 1. The minimum Gasteiger partial charge on any atom is -0.338 e. The minimum absolute atomic E-state index is 0.199. The molecule has 1 amide bonds. The molecule has 0 fully saturated rings. The fourth-order valence-electron chi connectivity index (χ4n) is 3.69. The molecule has 2 rings (SSSR count). The van der Waals surface area contributed by atoms with Crippen molar-refractivity contribution in [2.45, 2.75) is 60.9 Å². The lowest BCUT2D eigenvalue weighted by Crippen LogP contribution is -2.35. The highest BCUT2D eigenvalue weighted by Crippen LogP contribution is 2.27. The summed E-state index contributed by atoms with van der Waals surface area (Å²) in [5.74, 6) is 0.959. The van der Waals surface area contributed by atoms with Crippen LogP contribution in [0.5, 0.6) is 0 Å². The van der Waals surface area contributed by atoms with Gasteiger partial charge in [0.25, 0.3) is 0 Å². The molecule has 2 aromatic rings. The lowest BCUT2D eigenvalue weighted by Gasteiger charge is -2.28. The lowest BCUT2D eigenvalue weighted by atomic mass is 9.84. The van der Waals surface area contributed by atoms with Crippen molar-refractivity contribution >= 4 is 28.4 Å². The molecule has 1 atom stereocenters. The van der Waals surface area contributed by atoms with Gasteiger partial charge in [-0.1, -0.05) is 71.3 Å². The first-order valence-corrected chi connectivity index (χ1v) is 10.2.